The normalized spacial score (nSPS) is 34.6. The van der Waals surface area contributed by atoms with E-state index in [0.29, 0.717) is 0 Å². The molecule has 2 aliphatic heterocycles. The van der Waals surface area contributed by atoms with Crippen LogP contribution in [0, 0.1) is 35.5 Å². The van der Waals surface area contributed by atoms with E-state index in [4.69, 9.17) is 9.97 Å². The molecule has 10 rings (SSSR count). The molecule has 4 heteroatoms. The number of likely N-dealkylation sites (tertiary alicyclic amines) is 2. The Bertz CT molecular complexity index is 1870. The summed E-state index contributed by atoms with van der Waals surface area (Å²) in [4.78, 5) is 16.8. The van der Waals surface area contributed by atoms with Crippen LogP contribution in [0.1, 0.15) is 98.9 Å². The number of benzene rings is 2. The first-order valence-electron chi connectivity index (χ1n) is 20.1. The summed E-state index contributed by atoms with van der Waals surface area (Å²) in [5.41, 5.74) is 11.2. The van der Waals surface area contributed by atoms with Crippen LogP contribution in [0.3, 0.4) is 0 Å². The van der Waals surface area contributed by atoms with Gasteiger partial charge < -0.3 is 0 Å². The van der Waals surface area contributed by atoms with Gasteiger partial charge in [0.15, 0.2) is 0 Å². The summed E-state index contributed by atoms with van der Waals surface area (Å²) < 4.78 is 0. The Labute approximate surface area is 299 Å². The van der Waals surface area contributed by atoms with Crippen molar-refractivity contribution in [3.8, 4) is 11.3 Å². The minimum absolute atomic E-state index is 0.0701. The van der Waals surface area contributed by atoms with Crippen LogP contribution in [0.5, 0.6) is 0 Å². The fraction of sp³-hybridized carbons (Fsp3) is 0.522. The lowest BCUT2D eigenvalue weighted by atomic mass is 9.53. The molecule has 4 aliphatic carbocycles. The molecule has 4 nitrogen and oxygen atoms in total. The maximum Gasteiger partial charge on any atom is 0.0721 e. The second-order valence-corrected chi connectivity index (χ2v) is 17.6. The Morgan fingerprint density at radius 3 is 1.82 bits per heavy atom. The summed E-state index contributed by atoms with van der Waals surface area (Å²) in [6.45, 7) is 9.46. The topological polar surface area (TPSA) is 32.3 Å². The number of rotatable bonds is 5. The highest BCUT2D eigenvalue weighted by molar-refractivity contribution is 5.62. The van der Waals surface area contributed by atoms with E-state index < -0.39 is 0 Å². The van der Waals surface area contributed by atoms with Crippen LogP contribution in [0.2, 0.25) is 0 Å². The molecule has 4 aromatic rings. The fourth-order valence-corrected chi connectivity index (χ4v) is 13.1. The number of aromatic nitrogens is 2. The number of hydrogen-bond donors (Lipinski definition) is 0. The summed E-state index contributed by atoms with van der Waals surface area (Å²) in [7, 11) is 0. The summed E-state index contributed by atoms with van der Waals surface area (Å²) in [6.07, 6.45) is 15.0. The van der Waals surface area contributed by atoms with Crippen molar-refractivity contribution in [2.75, 3.05) is 13.1 Å². The van der Waals surface area contributed by atoms with Crippen LogP contribution in [0.4, 0.5) is 0 Å². The third kappa shape index (κ3) is 4.84. The van der Waals surface area contributed by atoms with Gasteiger partial charge in [-0.3, -0.25) is 19.8 Å². The molecule has 0 amide bonds. The lowest BCUT2D eigenvalue weighted by Crippen LogP contribution is -2.62. The standard InChI is InChI=1S/C46H54N4/c1-31-22-36-25-44-40(45(26-31)38(36)15-9-19-49(45)29-33-11-5-3-6-12-33)17-18-42(48-44)37-23-41-43(47-28-37)24-35-21-32(2)27-46(41)39(35)16-10-20-50(46)30-34-13-7-4-8-14-34/h3-8,11-14,17-18,23,28,31-32,35-36,38-39H,9-10,15-16,19-22,24-27,29-30H2,1-2H3/t31-,32-,35+,36+,38-,39-,45-,46-/m1/s1. The number of fused-ring (bicyclic) bond motifs is 2. The molecule has 2 aromatic heterocycles. The van der Waals surface area contributed by atoms with Crippen LogP contribution in [0.25, 0.3) is 11.3 Å². The predicted octanol–water partition coefficient (Wildman–Crippen LogP) is 9.56. The molecule has 2 saturated heterocycles. The van der Waals surface area contributed by atoms with E-state index in [1.807, 2.05) is 0 Å². The number of piperidine rings is 2. The second kappa shape index (κ2) is 12.1. The average Bonchev–Trinajstić information content (AvgIpc) is 3.12. The zero-order valence-corrected chi connectivity index (χ0v) is 30.2. The molecule has 50 heavy (non-hydrogen) atoms. The van der Waals surface area contributed by atoms with E-state index in [1.165, 1.54) is 98.1 Å². The fourth-order valence-electron chi connectivity index (χ4n) is 13.1. The summed E-state index contributed by atoms with van der Waals surface area (Å²) in [5.74, 6) is 4.40. The van der Waals surface area contributed by atoms with Crippen molar-refractivity contribution in [2.45, 2.75) is 102 Å². The van der Waals surface area contributed by atoms with Crippen molar-refractivity contribution in [1.82, 2.24) is 19.8 Å². The van der Waals surface area contributed by atoms with E-state index in [2.05, 4.69) is 109 Å². The van der Waals surface area contributed by atoms with Crippen LogP contribution in [-0.4, -0.2) is 32.9 Å². The Balaban J connectivity index is 1.06. The smallest absolute Gasteiger partial charge is 0.0721 e. The lowest BCUT2D eigenvalue weighted by molar-refractivity contribution is -0.0968. The average molecular weight is 663 g/mol. The first-order valence-corrected chi connectivity index (χ1v) is 20.1. The molecule has 0 N–H and O–H groups in total. The molecule has 2 saturated carbocycles. The highest BCUT2D eigenvalue weighted by Gasteiger charge is 2.58. The van der Waals surface area contributed by atoms with E-state index in [9.17, 15) is 0 Å². The first-order chi connectivity index (χ1) is 24.5. The molecule has 258 valence electrons. The van der Waals surface area contributed by atoms with Crippen molar-refractivity contribution < 1.29 is 0 Å². The summed E-state index contributed by atoms with van der Waals surface area (Å²) in [5, 5.41) is 0. The minimum Gasteiger partial charge on any atom is -0.289 e. The summed E-state index contributed by atoms with van der Waals surface area (Å²) >= 11 is 0. The SMILES string of the molecule is C[C@@H]1C[C@H]2Cc3ncc(-c4ccc5c(n4)C[C@@H]4C[C@@H](C)C[C@@]56[C@@H]4CCCN6Cc4ccccc4)cc3[C@@]3(C1)[C@@H]2CCCN3Cc1ccccc1. The highest BCUT2D eigenvalue weighted by Crippen LogP contribution is 2.61. The molecule has 0 radical (unpaired) electrons. The molecule has 8 atom stereocenters. The molecule has 4 heterocycles. The van der Waals surface area contributed by atoms with E-state index in [-0.39, 0.29) is 11.1 Å². The maximum absolute atomic E-state index is 5.67. The van der Waals surface area contributed by atoms with Gasteiger partial charge in [0.2, 0.25) is 0 Å². The minimum atomic E-state index is 0.0701. The first kappa shape index (κ1) is 31.4. The Kier molecular flexibility index (Phi) is 7.62. The van der Waals surface area contributed by atoms with Crippen LogP contribution in [-0.2, 0) is 37.0 Å². The van der Waals surface area contributed by atoms with Gasteiger partial charge in [-0.2, -0.15) is 0 Å². The molecule has 0 spiro atoms. The van der Waals surface area contributed by atoms with Gasteiger partial charge in [0.1, 0.15) is 0 Å². The van der Waals surface area contributed by atoms with E-state index in [1.54, 1.807) is 5.56 Å². The molecule has 4 fully saturated rings. The van der Waals surface area contributed by atoms with Crippen molar-refractivity contribution in [2.24, 2.45) is 35.5 Å². The largest absolute Gasteiger partial charge is 0.289 e. The van der Waals surface area contributed by atoms with Gasteiger partial charge in [0.25, 0.3) is 0 Å². The van der Waals surface area contributed by atoms with Crippen LogP contribution >= 0.6 is 0 Å². The van der Waals surface area contributed by atoms with Gasteiger partial charge in [-0.1, -0.05) is 80.6 Å². The Hall–Kier alpha value is -3.34. The Morgan fingerprint density at radius 1 is 0.660 bits per heavy atom. The second-order valence-electron chi connectivity index (χ2n) is 17.6. The quantitative estimate of drug-likeness (QED) is 0.213. The molecule has 4 bridgehead atoms. The zero-order valence-electron chi connectivity index (χ0n) is 30.2. The third-order valence-corrected chi connectivity index (χ3v) is 14.6. The molecular weight excluding hydrogens is 609 g/mol. The van der Waals surface area contributed by atoms with Gasteiger partial charge in [-0.15, -0.1) is 0 Å². The number of pyridine rings is 2. The number of hydrogen-bond acceptors (Lipinski definition) is 4. The van der Waals surface area contributed by atoms with Crippen LogP contribution in [0.15, 0.2) is 85.1 Å². The van der Waals surface area contributed by atoms with Crippen molar-refractivity contribution in [1.29, 1.82) is 0 Å². The predicted molar refractivity (Wildman–Crippen MR) is 201 cm³/mol. The van der Waals surface area contributed by atoms with Gasteiger partial charge in [-0.25, -0.2) is 0 Å². The third-order valence-electron chi connectivity index (χ3n) is 14.6. The summed E-state index contributed by atoms with van der Waals surface area (Å²) in [6, 6.07) is 29.9. The molecule has 2 aromatic carbocycles. The monoisotopic (exact) mass is 662 g/mol. The van der Waals surface area contributed by atoms with Gasteiger partial charge in [0, 0.05) is 36.2 Å². The van der Waals surface area contributed by atoms with Crippen molar-refractivity contribution >= 4 is 0 Å². The van der Waals surface area contributed by atoms with E-state index in [0.717, 1.165) is 67.1 Å². The van der Waals surface area contributed by atoms with Crippen molar-refractivity contribution in [3.05, 3.63) is 119 Å². The molecule has 0 unspecified atom stereocenters. The molecule has 6 aliphatic rings. The van der Waals surface area contributed by atoms with Gasteiger partial charge in [0.05, 0.1) is 16.8 Å². The van der Waals surface area contributed by atoms with E-state index >= 15 is 0 Å². The van der Waals surface area contributed by atoms with Crippen molar-refractivity contribution in [3.63, 3.8) is 0 Å². The number of nitrogens with zero attached hydrogens (tertiary/aromatic N) is 4. The highest BCUT2D eigenvalue weighted by atomic mass is 15.2. The zero-order chi connectivity index (χ0) is 33.5. The Morgan fingerprint density at radius 2 is 1.22 bits per heavy atom. The van der Waals surface area contributed by atoms with Gasteiger partial charge in [-0.05, 0) is 147 Å². The van der Waals surface area contributed by atoms with Crippen LogP contribution < -0.4 is 0 Å². The maximum atomic E-state index is 5.67. The molecular formula is C46H54N4. The van der Waals surface area contributed by atoms with Gasteiger partial charge >= 0.3 is 0 Å². The lowest BCUT2D eigenvalue weighted by Gasteiger charge is -2.62.